The fraction of sp³-hybridized carbons (Fsp3) is 0. The average Bonchev–Trinajstić information content (AvgIpc) is 2.49. The van der Waals surface area contributed by atoms with Gasteiger partial charge in [0.2, 0.25) is 0 Å². The number of carbonyl (C=O) groups is 1. The summed E-state index contributed by atoms with van der Waals surface area (Å²) in [5.74, 6) is 0. The zero-order chi connectivity index (χ0) is 11.4. The molecular weight excluding hydrogens is 202 g/mol. The Balaban J connectivity index is 2.28. The number of nitrogens with zero attached hydrogens (tertiary/aromatic N) is 1. The number of carbonyl (C=O) groups excluding carboxylic acids is 1. The van der Waals surface area contributed by atoms with Gasteiger partial charge in [-0.2, -0.15) is 5.10 Å². The first-order valence-corrected chi connectivity index (χ1v) is 4.83. The lowest BCUT2D eigenvalue weighted by molar-refractivity contribution is 0.249. The summed E-state index contributed by atoms with van der Waals surface area (Å²) >= 11 is 0. The first-order chi connectivity index (χ1) is 7.77. The van der Waals surface area contributed by atoms with Gasteiger partial charge in [0, 0.05) is 5.56 Å². The normalized spacial score (nSPS) is 10.8. The van der Waals surface area contributed by atoms with Crippen LogP contribution < -0.4 is 11.2 Å². The van der Waals surface area contributed by atoms with Crippen LogP contribution in [0.1, 0.15) is 5.56 Å². The summed E-state index contributed by atoms with van der Waals surface area (Å²) in [6.07, 6.45) is 1.58. The Bertz CT molecular complexity index is 508. The maximum absolute atomic E-state index is 10.4. The van der Waals surface area contributed by atoms with Crippen LogP contribution >= 0.6 is 0 Å². The molecule has 0 unspecified atom stereocenters. The molecule has 2 amide bonds. The van der Waals surface area contributed by atoms with Crippen molar-refractivity contribution in [2.75, 3.05) is 0 Å². The van der Waals surface area contributed by atoms with Crippen molar-refractivity contribution < 1.29 is 4.79 Å². The van der Waals surface area contributed by atoms with Crippen molar-refractivity contribution in [3.05, 3.63) is 48.0 Å². The minimum atomic E-state index is -0.669. The van der Waals surface area contributed by atoms with Crippen molar-refractivity contribution in [1.82, 2.24) is 5.43 Å². The third kappa shape index (κ3) is 2.17. The van der Waals surface area contributed by atoms with Gasteiger partial charge in [-0.05, 0) is 11.1 Å². The molecule has 0 aromatic rings. The second kappa shape index (κ2) is 4.44. The topological polar surface area (TPSA) is 67.5 Å². The largest absolute Gasteiger partial charge is 0.350 e. The number of rotatable bonds is 2. The zero-order valence-corrected chi connectivity index (χ0v) is 8.55. The first-order valence-electron chi connectivity index (χ1n) is 4.83. The second-order valence-electron chi connectivity index (χ2n) is 3.30. The molecule has 3 N–H and O–H groups in total. The molecule has 0 fully saturated rings. The van der Waals surface area contributed by atoms with Crippen molar-refractivity contribution in [3.63, 3.8) is 0 Å². The Morgan fingerprint density at radius 3 is 2.81 bits per heavy atom. The monoisotopic (exact) mass is 213 g/mol. The molecule has 80 valence electrons. The molecule has 0 aromatic heterocycles. The van der Waals surface area contributed by atoms with Crippen LogP contribution in [0.2, 0.25) is 0 Å². The molecule has 4 nitrogen and oxygen atoms in total. The number of fused-ring (bicyclic) bond motifs is 1. The SMILES string of the molecule is NC(=O)N/N=C/c1ccc2cccccc1-2. The van der Waals surface area contributed by atoms with E-state index in [0.29, 0.717) is 0 Å². The van der Waals surface area contributed by atoms with Gasteiger partial charge in [-0.25, -0.2) is 10.2 Å². The van der Waals surface area contributed by atoms with E-state index in [9.17, 15) is 4.79 Å². The summed E-state index contributed by atoms with van der Waals surface area (Å²) < 4.78 is 0. The zero-order valence-electron chi connectivity index (χ0n) is 8.55. The molecule has 0 radical (unpaired) electrons. The molecule has 0 bridgehead atoms. The highest BCUT2D eigenvalue weighted by atomic mass is 16.2. The summed E-state index contributed by atoms with van der Waals surface area (Å²) in [6.45, 7) is 0. The van der Waals surface area contributed by atoms with Crippen LogP contribution in [-0.4, -0.2) is 12.2 Å². The van der Waals surface area contributed by atoms with Gasteiger partial charge in [-0.1, -0.05) is 42.5 Å². The van der Waals surface area contributed by atoms with Gasteiger partial charge in [0.1, 0.15) is 0 Å². The summed E-state index contributed by atoms with van der Waals surface area (Å²) in [6, 6.07) is 13.2. The molecule has 0 saturated heterocycles. The van der Waals surface area contributed by atoms with E-state index in [0.717, 1.165) is 16.7 Å². The second-order valence-corrected chi connectivity index (χ2v) is 3.30. The number of hydrogen-bond acceptors (Lipinski definition) is 2. The van der Waals surface area contributed by atoms with Crippen LogP contribution in [0.25, 0.3) is 11.1 Å². The molecule has 0 heterocycles. The van der Waals surface area contributed by atoms with Crippen LogP contribution in [0.15, 0.2) is 47.6 Å². The average molecular weight is 213 g/mol. The number of nitrogens with one attached hydrogen (secondary N) is 1. The first kappa shape index (κ1) is 10.2. The Morgan fingerprint density at radius 1 is 1.19 bits per heavy atom. The molecule has 0 spiro atoms. The maximum atomic E-state index is 10.4. The summed E-state index contributed by atoms with van der Waals surface area (Å²) in [7, 11) is 0. The molecule has 16 heavy (non-hydrogen) atoms. The standard InChI is InChI=1S/C12H11N3O/c13-12(16)15-14-8-10-7-6-9-4-2-1-3-5-11(9)10/h1-8H,(H3,13,15,16)/b14-8+. The van der Waals surface area contributed by atoms with Crippen LogP contribution in [0.5, 0.6) is 0 Å². The van der Waals surface area contributed by atoms with Gasteiger partial charge < -0.3 is 5.73 Å². The molecule has 4 heteroatoms. The summed E-state index contributed by atoms with van der Waals surface area (Å²) in [5, 5.41) is 3.73. The van der Waals surface area contributed by atoms with E-state index < -0.39 is 6.03 Å². The summed E-state index contributed by atoms with van der Waals surface area (Å²) in [5.41, 5.74) is 10.2. The molecule has 0 aliphatic heterocycles. The molecular formula is C12H11N3O. The molecule has 0 saturated carbocycles. The van der Waals surface area contributed by atoms with Gasteiger partial charge in [0.15, 0.2) is 0 Å². The van der Waals surface area contributed by atoms with E-state index in [1.807, 2.05) is 42.5 Å². The highest BCUT2D eigenvalue weighted by Gasteiger charge is 2.04. The molecule has 2 rings (SSSR count). The molecule has 2 aliphatic rings. The van der Waals surface area contributed by atoms with Gasteiger partial charge in [0.05, 0.1) is 6.21 Å². The number of amides is 2. The van der Waals surface area contributed by atoms with E-state index >= 15 is 0 Å². The number of primary amides is 1. The van der Waals surface area contributed by atoms with Crippen LogP contribution in [0, 0.1) is 0 Å². The van der Waals surface area contributed by atoms with Crippen molar-refractivity contribution >= 4 is 12.2 Å². The highest BCUT2D eigenvalue weighted by molar-refractivity contribution is 5.92. The quantitative estimate of drug-likeness (QED) is 0.579. The van der Waals surface area contributed by atoms with Crippen LogP contribution in [0.3, 0.4) is 0 Å². The minimum absolute atomic E-state index is 0.669. The van der Waals surface area contributed by atoms with E-state index in [2.05, 4.69) is 10.5 Å². The summed E-state index contributed by atoms with van der Waals surface area (Å²) in [4.78, 5) is 10.4. The lowest BCUT2D eigenvalue weighted by atomic mass is 10.1. The Hall–Kier alpha value is -2.36. The van der Waals surface area contributed by atoms with E-state index in [4.69, 9.17) is 5.73 Å². The lowest BCUT2D eigenvalue weighted by Gasteiger charge is -1.95. The van der Waals surface area contributed by atoms with Crippen LogP contribution in [-0.2, 0) is 0 Å². The number of hydrazone groups is 1. The highest BCUT2D eigenvalue weighted by Crippen LogP contribution is 2.25. The van der Waals surface area contributed by atoms with Gasteiger partial charge >= 0.3 is 6.03 Å². The molecule has 2 aliphatic carbocycles. The number of hydrogen-bond donors (Lipinski definition) is 2. The van der Waals surface area contributed by atoms with Gasteiger partial charge in [-0.15, -0.1) is 0 Å². The Labute approximate surface area is 93.1 Å². The predicted octanol–water partition coefficient (Wildman–Crippen LogP) is 1.79. The smallest absolute Gasteiger partial charge is 0.332 e. The van der Waals surface area contributed by atoms with Gasteiger partial charge in [-0.3, -0.25) is 0 Å². The number of urea groups is 1. The van der Waals surface area contributed by atoms with E-state index in [1.165, 1.54) is 0 Å². The van der Waals surface area contributed by atoms with Crippen molar-refractivity contribution in [3.8, 4) is 11.1 Å². The molecule has 0 atom stereocenters. The van der Waals surface area contributed by atoms with E-state index in [1.54, 1.807) is 6.21 Å². The fourth-order valence-corrected chi connectivity index (χ4v) is 1.52. The fourth-order valence-electron chi connectivity index (χ4n) is 1.52. The minimum Gasteiger partial charge on any atom is -0.350 e. The van der Waals surface area contributed by atoms with Crippen molar-refractivity contribution in [1.29, 1.82) is 0 Å². The van der Waals surface area contributed by atoms with E-state index in [-0.39, 0.29) is 0 Å². The van der Waals surface area contributed by atoms with Gasteiger partial charge in [0.25, 0.3) is 0 Å². The van der Waals surface area contributed by atoms with Crippen molar-refractivity contribution in [2.24, 2.45) is 10.8 Å². The third-order valence-electron chi connectivity index (χ3n) is 2.20. The Morgan fingerprint density at radius 2 is 2.00 bits per heavy atom. The lowest BCUT2D eigenvalue weighted by Crippen LogP contribution is -2.24. The number of nitrogens with two attached hydrogens (primary N) is 1. The predicted molar refractivity (Wildman–Crippen MR) is 63.4 cm³/mol. The van der Waals surface area contributed by atoms with Crippen molar-refractivity contribution in [2.45, 2.75) is 0 Å². The Kier molecular flexibility index (Phi) is 2.82. The maximum Gasteiger partial charge on any atom is 0.332 e. The third-order valence-corrected chi connectivity index (χ3v) is 2.20. The van der Waals surface area contributed by atoms with Crippen LogP contribution in [0.4, 0.5) is 4.79 Å². The molecule has 0 aromatic carbocycles.